The fourth-order valence-corrected chi connectivity index (χ4v) is 4.59. The van der Waals surface area contributed by atoms with Crippen LogP contribution in [0, 0.1) is 0 Å². The van der Waals surface area contributed by atoms with Gasteiger partial charge in [0.2, 0.25) is 0 Å². The lowest BCUT2D eigenvalue weighted by Gasteiger charge is -1.71. The van der Waals surface area contributed by atoms with Crippen LogP contribution in [0.25, 0.3) is 18.8 Å². The molecule has 12 heavy (non-hydrogen) atoms. The second-order valence-corrected chi connectivity index (χ2v) is 5.48. The van der Waals surface area contributed by atoms with Crippen LogP contribution in [0.1, 0.15) is 0 Å². The normalized spacial score (nSPS) is 10.7. The van der Waals surface area contributed by atoms with E-state index in [9.17, 15) is 0 Å². The summed E-state index contributed by atoms with van der Waals surface area (Å²) < 4.78 is 4.37. The molecule has 0 aromatic carbocycles. The predicted molar refractivity (Wildman–Crippen MR) is 65.4 cm³/mol. The molecule has 0 radical (unpaired) electrons. The number of fused-ring (bicyclic) bond motifs is 3. The van der Waals surface area contributed by atoms with E-state index >= 15 is 0 Å². The van der Waals surface area contributed by atoms with Crippen molar-refractivity contribution < 1.29 is 0 Å². The lowest BCUT2D eigenvalue weighted by atomic mass is 10.4. The van der Waals surface area contributed by atoms with Crippen LogP contribution >= 0.6 is 51.0 Å². The van der Waals surface area contributed by atoms with Gasteiger partial charge in [-0.15, -0.1) is 51.0 Å². The van der Waals surface area contributed by atoms with E-state index in [0.717, 1.165) is 0 Å². The van der Waals surface area contributed by atoms with Gasteiger partial charge in [-0.2, -0.15) is 0 Å². The van der Waals surface area contributed by atoms with Gasteiger partial charge in [0.25, 0.3) is 0 Å². The molecule has 62 valence electrons. The Morgan fingerprint density at radius 3 is 2.75 bits per heavy atom. The van der Waals surface area contributed by atoms with Gasteiger partial charge in [0.15, 0.2) is 0 Å². The summed E-state index contributed by atoms with van der Waals surface area (Å²) in [6.45, 7) is 0. The highest BCUT2D eigenvalue weighted by Gasteiger charge is 2.05. The van der Waals surface area contributed by atoms with Crippen LogP contribution in [0.4, 0.5) is 0 Å². The van der Waals surface area contributed by atoms with Crippen molar-refractivity contribution in [1.82, 2.24) is 0 Å². The highest BCUT2D eigenvalue weighted by Crippen LogP contribution is 2.39. The molecule has 0 saturated carbocycles. The van der Waals surface area contributed by atoms with Crippen molar-refractivity contribution >= 4 is 69.8 Å². The molecule has 3 heterocycles. The van der Waals surface area contributed by atoms with E-state index < -0.39 is 0 Å². The monoisotopic (exact) mass is 276 g/mol. The van der Waals surface area contributed by atoms with Crippen LogP contribution in [-0.2, 0) is 0 Å². The van der Waals surface area contributed by atoms with Crippen molar-refractivity contribution in [1.29, 1.82) is 0 Å². The summed E-state index contributed by atoms with van der Waals surface area (Å²) >= 11 is 5.59. The number of halogens is 1. The van der Waals surface area contributed by atoms with E-state index in [1.54, 1.807) is 0 Å². The first-order valence-electron chi connectivity index (χ1n) is 3.28. The average Bonchev–Trinajstić information content (AvgIpc) is 2.52. The molecule has 4 heteroatoms. The summed E-state index contributed by atoms with van der Waals surface area (Å²) in [5.74, 6) is 0. The Bertz CT molecular complexity index is 457. The molecule has 3 aromatic heterocycles. The predicted octanol–water partition coefficient (Wildman–Crippen LogP) is 4.76. The largest absolute Gasteiger partial charge is 0.142 e. The van der Waals surface area contributed by atoms with E-state index in [1.807, 2.05) is 34.0 Å². The molecule has 3 rings (SSSR count). The molecular weight excluding hydrogens is 272 g/mol. The lowest BCUT2D eigenvalue weighted by molar-refractivity contribution is 2.22. The van der Waals surface area contributed by atoms with Crippen LogP contribution in [0.15, 0.2) is 22.9 Å². The SMILES string of the molecule is Br.c1cc2c(s1)sc1ccsc12. The van der Waals surface area contributed by atoms with Crippen LogP contribution < -0.4 is 0 Å². The summed E-state index contributed by atoms with van der Waals surface area (Å²) in [4.78, 5) is 0. The van der Waals surface area contributed by atoms with Crippen molar-refractivity contribution in [3.63, 3.8) is 0 Å². The number of rotatable bonds is 0. The zero-order valence-electron chi connectivity index (χ0n) is 5.94. The van der Waals surface area contributed by atoms with Gasteiger partial charge in [-0.05, 0) is 22.9 Å². The third-order valence-corrected chi connectivity index (χ3v) is 4.99. The van der Waals surface area contributed by atoms with E-state index in [4.69, 9.17) is 0 Å². The Hall–Kier alpha value is 0.1000. The van der Waals surface area contributed by atoms with Gasteiger partial charge in [-0.3, -0.25) is 0 Å². The molecule has 0 spiro atoms. The second kappa shape index (κ2) is 3.10. The molecule has 0 atom stereocenters. The minimum Gasteiger partial charge on any atom is -0.142 e. The van der Waals surface area contributed by atoms with Gasteiger partial charge in [0.05, 0.1) is 8.71 Å². The molecule has 3 aromatic rings. The maximum atomic E-state index is 2.22. The van der Waals surface area contributed by atoms with Gasteiger partial charge in [-0.25, -0.2) is 0 Å². The van der Waals surface area contributed by atoms with Crippen LogP contribution in [0.3, 0.4) is 0 Å². The summed E-state index contributed by atoms with van der Waals surface area (Å²) in [5, 5.41) is 5.78. The first kappa shape index (κ1) is 8.69. The third kappa shape index (κ3) is 1.06. The number of hydrogen-bond donors (Lipinski definition) is 0. The average molecular weight is 277 g/mol. The Morgan fingerprint density at radius 2 is 1.83 bits per heavy atom. The second-order valence-electron chi connectivity index (χ2n) is 2.34. The van der Waals surface area contributed by atoms with Crippen LogP contribution in [-0.4, -0.2) is 0 Å². The number of thiophene rings is 3. The summed E-state index contributed by atoms with van der Waals surface area (Å²) in [5.41, 5.74) is 0. The molecule has 0 aliphatic heterocycles. The van der Waals surface area contributed by atoms with E-state index in [0.29, 0.717) is 0 Å². The van der Waals surface area contributed by atoms with Crippen molar-refractivity contribution in [2.75, 3.05) is 0 Å². The van der Waals surface area contributed by atoms with E-state index in [2.05, 4.69) is 22.9 Å². The van der Waals surface area contributed by atoms with E-state index in [-0.39, 0.29) is 17.0 Å². The molecule has 0 nitrogen and oxygen atoms in total. The first-order valence-corrected chi connectivity index (χ1v) is 5.86. The fourth-order valence-electron chi connectivity index (χ4n) is 1.22. The highest BCUT2D eigenvalue weighted by atomic mass is 79.9. The summed E-state index contributed by atoms with van der Waals surface area (Å²) in [6.07, 6.45) is 0. The minimum absolute atomic E-state index is 0. The van der Waals surface area contributed by atoms with Crippen molar-refractivity contribution in [2.24, 2.45) is 0 Å². The Labute approximate surface area is 92.2 Å². The minimum atomic E-state index is 0. The quantitative estimate of drug-likeness (QED) is 0.556. The highest BCUT2D eigenvalue weighted by molar-refractivity contribution is 8.93. The molecule has 0 aliphatic carbocycles. The Balaban J connectivity index is 0.000000563. The van der Waals surface area contributed by atoms with Gasteiger partial charge in [0.1, 0.15) is 0 Å². The zero-order valence-corrected chi connectivity index (χ0v) is 10.1. The molecule has 0 amide bonds. The van der Waals surface area contributed by atoms with E-state index in [1.165, 1.54) is 18.8 Å². The van der Waals surface area contributed by atoms with Crippen LogP contribution in [0.2, 0.25) is 0 Å². The molecule has 0 N–H and O–H groups in total. The van der Waals surface area contributed by atoms with Crippen molar-refractivity contribution in [3.05, 3.63) is 22.9 Å². The lowest BCUT2D eigenvalue weighted by Crippen LogP contribution is -1.43. The Kier molecular flexibility index (Phi) is 2.25. The standard InChI is InChI=1S/C8H4S3.BrH/c1-3-10-8-5(1)7-6(11-8)2-4-9-7;/h1-4H;1H. The van der Waals surface area contributed by atoms with Gasteiger partial charge in [-0.1, -0.05) is 0 Å². The smallest absolute Gasteiger partial charge is 0.0885 e. The zero-order chi connectivity index (χ0) is 7.26. The molecular formula is C8H5BrS3. The Morgan fingerprint density at radius 1 is 1.00 bits per heavy atom. The van der Waals surface area contributed by atoms with Crippen LogP contribution in [0.5, 0.6) is 0 Å². The molecule has 0 saturated heterocycles. The van der Waals surface area contributed by atoms with Gasteiger partial charge < -0.3 is 0 Å². The van der Waals surface area contributed by atoms with Crippen molar-refractivity contribution in [3.8, 4) is 0 Å². The molecule has 0 unspecified atom stereocenters. The maximum absolute atomic E-state index is 2.22. The third-order valence-electron chi connectivity index (χ3n) is 1.71. The summed E-state index contributed by atoms with van der Waals surface area (Å²) in [7, 11) is 0. The van der Waals surface area contributed by atoms with Gasteiger partial charge >= 0.3 is 0 Å². The fraction of sp³-hybridized carbons (Fsp3) is 0. The molecule has 0 aliphatic rings. The molecule has 0 bridgehead atoms. The summed E-state index contributed by atoms with van der Waals surface area (Å²) in [6, 6.07) is 4.42. The van der Waals surface area contributed by atoms with Gasteiger partial charge in [0, 0.05) is 10.1 Å². The maximum Gasteiger partial charge on any atom is 0.0885 e. The molecule has 0 fully saturated rings. The topological polar surface area (TPSA) is 0 Å². The first-order chi connectivity index (χ1) is 5.45. The van der Waals surface area contributed by atoms with Crippen molar-refractivity contribution in [2.45, 2.75) is 0 Å². The number of hydrogen-bond acceptors (Lipinski definition) is 3.